The van der Waals surface area contributed by atoms with Gasteiger partial charge in [-0.2, -0.15) is 0 Å². The molecule has 0 aromatic carbocycles. The van der Waals surface area contributed by atoms with E-state index in [1.165, 1.54) is 12.8 Å². The van der Waals surface area contributed by atoms with Crippen LogP contribution in [0.2, 0.25) is 0 Å². The van der Waals surface area contributed by atoms with E-state index in [9.17, 15) is 4.79 Å². The minimum atomic E-state index is 0.220. The first-order valence-corrected chi connectivity index (χ1v) is 5.60. The number of methoxy groups -OCH3 is 1. The van der Waals surface area contributed by atoms with Gasteiger partial charge in [-0.05, 0) is 25.7 Å². The van der Waals surface area contributed by atoms with Gasteiger partial charge in [0.2, 0.25) is 0 Å². The van der Waals surface area contributed by atoms with E-state index in [-0.39, 0.29) is 6.04 Å². The molecule has 3 nitrogen and oxygen atoms in total. The van der Waals surface area contributed by atoms with E-state index in [0.29, 0.717) is 11.8 Å². The summed E-state index contributed by atoms with van der Waals surface area (Å²) in [5.41, 5.74) is 0. The fourth-order valence-corrected chi connectivity index (χ4v) is 2.34. The maximum absolute atomic E-state index is 11.6. The summed E-state index contributed by atoms with van der Waals surface area (Å²) in [7, 11) is 1.72. The molecule has 2 rings (SSSR count). The molecule has 0 bridgehead atoms. The molecule has 0 aromatic rings. The maximum Gasteiger partial charge on any atom is 0.149 e. The number of ketones is 1. The molecule has 80 valence electrons. The number of hydrogen-bond donors (Lipinski definition) is 0. The van der Waals surface area contributed by atoms with Crippen molar-refractivity contribution in [3.63, 3.8) is 0 Å². The second-order valence-corrected chi connectivity index (χ2v) is 4.34. The Morgan fingerprint density at radius 3 is 2.71 bits per heavy atom. The zero-order valence-corrected chi connectivity index (χ0v) is 8.87. The second kappa shape index (κ2) is 4.41. The molecule has 0 N–H and O–H groups in total. The lowest BCUT2D eigenvalue weighted by Gasteiger charge is -2.27. The number of nitrogens with zero attached hydrogens (tertiary/aromatic N) is 1. The van der Waals surface area contributed by atoms with E-state index in [4.69, 9.17) is 4.74 Å². The molecule has 2 aliphatic carbocycles. The van der Waals surface area contributed by atoms with Crippen molar-refractivity contribution in [2.24, 2.45) is 0 Å². The summed E-state index contributed by atoms with van der Waals surface area (Å²) in [5, 5.41) is 0. The Morgan fingerprint density at radius 1 is 1.43 bits per heavy atom. The Balaban J connectivity index is 1.91. The molecule has 0 amide bonds. The quantitative estimate of drug-likeness (QED) is 0.663. The highest BCUT2D eigenvalue weighted by Gasteiger charge is 2.38. The summed E-state index contributed by atoms with van der Waals surface area (Å²) in [6.07, 6.45) is 5.49. The zero-order valence-electron chi connectivity index (χ0n) is 8.87. The van der Waals surface area contributed by atoms with Gasteiger partial charge in [-0.3, -0.25) is 9.69 Å². The molecule has 14 heavy (non-hydrogen) atoms. The Kier molecular flexibility index (Phi) is 3.19. The largest absolute Gasteiger partial charge is 0.383 e. The molecule has 3 heteroatoms. The fraction of sp³-hybridized carbons (Fsp3) is 0.909. The van der Waals surface area contributed by atoms with Crippen LogP contribution in [0, 0.1) is 0 Å². The molecule has 2 aliphatic rings. The van der Waals surface area contributed by atoms with Crippen molar-refractivity contribution in [1.29, 1.82) is 0 Å². The molecule has 2 fully saturated rings. The average Bonchev–Trinajstić information content (AvgIpc) is 2.92. The highest BCUT2D eigenvalue weighted by molar-refractivity contribution is 5.86. The fourth-order valence-electron chi connectivity index (χ4n) is 2.34. The maximum atomic E-state index is 11.6. The van der Waals surface area contributed by atoms with Gasteiger partial charge in [0.25, 0.3) is 0 Å². The van der Waals surface area contributed by atoms with E-state index in [1.807, 2.05) is 0 Å². The summed E-state index contributed by atoms with van der Waals surface area (Å²) >= 11 is 0. The van der Waals surface area contributed by atoms with Crippen LogP contribution in [0.1, 0.15) is 32.1 Å². The van der Waals surface area contributed by atoms with Crippen LogP contribution in [-0.4, -0.2) is 43.0 Å². The third-order valence-electron chi connectivity index (χ3n) is 3.24. The Morgan fingerprint density at radius 2 is 2.21 bits per heavy atom. The normalized spacial score (nSPS) is 27.6. The van der Waals surface area contributed by atoms with E-state index >= 15 is 0 Å². The van der Waals surface area contributed by atoms with Gasteiger partial charge in [-0.1, -0.05) is 0 Å². The van der Waals surface area contributed by atoms with Crippen molar-refractivity contribution in [2.45, 2.75) is 44.2 Å². The number of carbonyl (C=O) groups excluding carboxylic acids is 1. The van der Waals surface area contributed by atoms with Crippen LogP contribution in [-0.2, 0) is 9.53 Å². The number of Topliss-reactive ketones (excluding diaryl/α,β-unsaturated/α-hetero) is 1. The molecule has 0 radical (unpaired) electrons. The zero-order chi connectivity index (χ0) is 9.97. The van der Waals surface area contributed by atoms with Crippen molar-refractivity contribution >= 4 is 5.78 Å². The molecular weight excluding hydrogens is 178 g/mol. The van der Waals surface area contributed by atoms with E-state index in [2.05, 4.69) is 4.90 Å². The first-order valence-electron chi connectivity index (χ1n) is 5.60. The predicted molar refractivity (Wildman–Crippen MR) is 54.3 cm³/mol. The van der Waals surface area contributed by atoms with Crippen LogP contribution in [0.4, 0.5) is 0 Å². The lowest BCUT2D eigenvalue weighted by atomic mass is 10.2. The topological polar surface area (TPSA) is 29.5 Å². The van der Waals surface area contributed by atoms with Gasteiger partial charge in [0.05, 0.1) is 12.6 Å². The SMILES string of the molecule is COCCN(C1CC1)C1CCCC1=O. The summed E-state index contributed by atoms with van der Waals surface area (Å²) in [4.78, 5) is 14.0. The molecular formula is C11H19NO2. The molecule has 0 saturated heterocycles. The standard InChI is InChI=1S/C11H19NO2/c1-14-8-7-12(9-5-6-9)10-3-2-4-11(10)13/h9-10H,2-8H2,1H3. The smallest absolute Gasteiger partial charge is 0.149 e. The first-order chi connectivity index (χ1) is 6.83. The van der Waals surface area contributed by atoms with E-state index in [0.717, 1.165) is 32.4 Å². The molecule has 1 unspecified atom stereocenters. The van der Waals surface area contributed by atoms with Gasteiger partial charge < -0.3 is 4.74 Å². The van der Waals surface area contributed by atoms with Crippen molar-refractivity contribution < 1.29 is 9.53 Å². The monoisotopic (exact) mass is 197 g/mol. The van der Waals surface area contributed by atoms with Gasteiger partial charge in [-0.25, -0.2) is 0 Å². The number of hydrogen-bond acceptors (Lipinski definition) is 3. The molecule has 1 atom stereocenters. The average molecular weight is 197 g/mol. The molecule has 0 spiro atoms. The van der Waals surface area contributed by atoms with Crippen molar-refractivity contribution in [1.82, 2.24) is 4.90 Å². The Hall–Kier alpha value is -0.410. The minimum absolute atomic E-state index is 0.220. The van der Waals surface area contributed by atoms with Crippen molar-refractivity contribution in [3.8, 4) is 0 Å². The summed E-state index contributed by atoms with van der Waals surface area (Å²) < 4.78 is 5.09. The third-order valence-corrected chi connectivity index (χ3v) is 3.24. The van der Waals surface area contributed by atoms with Crippen molar-refractivity contribution in [2.75, 3.05) is 20.3 Å². The van der Waals surface area contributed by atoms with Gasteiger partial charge in [0.15, 0.2) is 0 Å². The lowest BCUT2D eigenvalue weighted by Crippen LogP contribution is -2.41. The van der Waals surface area contributed by atoms with Gasteiger partial charge >= 0.3 is 0 Å². The van der Waals surface area contributed by atoms with Crippen LogP contribution < -0.4 is 0 Å². The van der Waals surface area contributed by atoms with Crippen molar-refractivity contribution in [3.05, 3.63) is 0 Å². The van der Waals surface area contributed by atoms with Crippen LogP contribution >= 0.6 is 0 Å². The summed E-state index contributed by atoms with van der Waals surface area (Å²) in [6, 6.07) is 0.898. The minimum Gasteiger partial charge on any atom is -0.383 e. The second-order valence-electron chi connectivity index (χ2n) is 4.34. The van der Waals surface area contributed by atoms with E-state index in [1.54, 1.807) is 7.11 Å². The van der Waals surface area contributed by atoms with E-state index < -0.39 is 0 Å². The lowest BCUT2D eigenvalue weighted by molar-refractivity contribution is -0.122. The Labute approximate surface area is 85.4 Å². The van der Waals surface area contributed by atoms with Crippen LogP contribution in [0.5, 0.6) is 0 Å². The van der Waals surface area contributed by atoms with Gasteiger partial charge in [0.1, 0.15) is 5.78 Å². The number of carbonyl (C=O) groups is 1. The van der Waals surface area contributed by atoms with Crippen LogP contribution in [0.25, 0.3) is 0 Å². The molecule has 0 heterocycles. The number of ether oxygens (including phenoxy) is 1. The van der Waals surface area contributed by atoms with Crippen LogP contribution in [0.15, 0.2) is 0 Å². The summed E-state index contributed by atoms with van der Waals surface area (Å²) in [6.45, 7) is 1.68. The first kappa shape index (κ1) is 10.1. The molecule has 2 saturated carbocycles. The van der Waals surface area contributed by atoms with Gasteiger partial charge in [0, 0.05) is 26.1 Å². The molecule has 0 aromatic heterocycles. The Bertz CT molecular complexity index is 213. The molecule has 0 aliphatic heterocycles. The van der Waals surface area contributed by atoms with Gasteiger partial charge in [-0.15, -0.1) is 0 Å². The third kappa shape index (κ3) is 2.15. The number of rotatable bonds is 5. The summed E-state index contributed by atoms with van der Waals surface area (Å²) in [5.74, 6) is 0.452. The van der Waals surface area contributed by atoms with Crippen LogP contribution in [0.3, 0.4) is 0 Å². The predicted octanol–water partition coefficient (Wildman–Crippen LogP) is 1.22. The highest BCUT2D eigenvalue weighted by atomic mass is 16.5. The highest BCUT2D eigenvalue weighted by Crippen LogP contribution is 2.32.